The second-order valence-corrected chi connectivity index (χ2v) is 13.1. The third-order valence-corrected chi connectivity index (χ3v) is 6.24. The van der Waals surface area contributed by atoms with Crippen molar-refractivity contribution in [1.29, 1.82) is 0 Å². The monoisotopic (exact) mass is 1320 g/mol. The first-order valence-electron chi connectivity index (χ1n) is 17.5. The Morgan fingerprint density at radius 3 is 0.880 bits per heavy atom. The van der Waals surface area contributed by atoms with E-state index in [1.165, 1.54) is 10.0 Å². The van der Waals surface area contributed by atoms with E-state index in [0.29, 0.717) is 11.7 Å². The summed E-state index contributed by atoms with van der Waals surface area (Å²) in [5.41, 5.74) is 6.01. The Kier molecular flexibility index (Phi) is 30.7. The van der Waals surface area contributed by atoms with Crippen LogP contribution >= 0.6 is 0 Å². The van der Waals surface area contributed by atoms with E-state index in [1.54, 1.807) is 0 Å². The van der Waals surface area contributed by atoms with Gasteiger partial charge >= 0.3 is 94.4 Å². The number of amidine groups is 1. The predicted octanol–water partition coefficient (Wildman–Crippen LogP) is 6.29. The molecule has 1 radical (unpaired) electrons. The molecule has 1 aliphatic heterocycles. The molecule has 0 saturated carbocycles. The van der Waals surface area contributed by atoms with Crippen molar-refractivity contribution < 1.29 is 189 Å². The molecule has 429 valence electrons. The molecule has 75 heavy (non-hydrogen) atoms. The Bertz CT molecular complexity index is 2030. The van der Waals surface area contributed by atoms with Gasteiger partial charge in [0.05, 0.1) is 0 Å². The van der Waals surface area contributed by atoms with Crippen LogP contribution in [0.15, 0.2) is 58.5 Å². The molecule has 1 aromatic heterocycles. The summed E-state index contributed by atoms with van der Waals surface area (Å²) in [6, 6.07) is 1.54. The minimum Gasteiger partial charge on any atom is -0.869 e. The number of allylic oxidation sites excluding steroid dienone is 8. The zero-order valence-corrected chi connectivity index (χ0v) is 40.2. The number of ketones is 4. The second kappa shape index (κ2) is 29.5. The van der Waals surface area contributed by atoms with Gasteiger partial charge in [-0.15, -0.1) is 0 Å². The van der Waals surface area contributed by atoms with Crippen LogP contribution in [0.5, 0.6) is 0 Å². The SMILES string of the molecule is Cc1cc(C)nc(C2=NN(C(C)C)C(=O)N(C(C)C)[N-]2)n1.O=C(/C=C(\[O-])C(F)(F)F)C(F)(F)F.O=C(/C=C(\[O-])C(F)(F)F)C(F)(F)F.O=C(/C=C(\[O-])C(F)(F)F)C(F)(F)F.O=C(/C=C(\[O-])C(F)(F)F)C(F)(F)F.[Ru+2].[Ru+3]. The first-order valence-corrected chi connectivity index (χ1v) is 17.5. The van der Waals surface area contributed by atoms with E-state index in [4.69, 9.17) is 0 Å². The number of rotatable bonds is 7. The Labute approximate surface area is 427 Å². The van der Waals surface area contributed by atoms with Crippen LogP contribution in [-0.4, -0.2) is 116 Å². The molecule has 0 saturated heterocycles. The quantitative estimate of drug-likeness (QED) is 0.127. The van der Waals surface area contributed by atoms with Gasteiger partial charge in [0.15, 0.2) is 5.82 Å². The summed E-state index contributed by atoms with van der Waals surface area (Å²) in [5, 5.41) is 46.4. The van der Waals surface area contributed by atoms with Crippen LogP contribution in [0.4, 0.5) is 110 Å². The molecule has 1 aliphatic rings. The molecule has 0 N–H and O–H groups in total. The summed E-state index contributed by atoms with van der Waals surface area (Å²) in [5.74, 6) is -21.8. The molecule has 0 fully saturated rings. The van der Waals surface area contributed by atoms with Crippen LogP contribution in [-0.2, 0) is 58.1 Å². The van der Waals surface area contributed by atoms with Crippen molar-refractivity contribution in [3.8, 4) is 0 Å². The van der Waals surface area contributed by atoms with Gasteiger partial charge in [0, 0.05) is 29.3 Å². The molecule has 41 heteroatoms. The van der Waals surface area contributed by atoms with E-state index in [-0.39, 0.29) is 57.1 Å². The Morgan fingerprint density at radius 2 is 0.707 bits per heavy atom. The summed E-state index contributed by atoms with van der Waals surface area (Å²) in [6.07, 6.45) is -47.8. The molecule has 0 aliphatic carbocycles. The number of carbonyl (C=O) groups is 5. The molecule has 1 aromatic rings. The molecule has 2 amide bonds. The molecular formula is C34H25F24N6O9Ru2. The number of amides is 2. The van der Waals surface area contributed by atoms with Crippen molar-refractivity contribution in [2.24, 2.45) is 5.10 Å². The molecule has 0 aromatic carbocycles. The molecule has 0 atom stereocenters. The molecule has 0 spiro atoms. The first-order chi connectivity index (χ1) is 32.0. The van der Waals surface area contributed by atoms with E-state index in [9.17, 15) is 150 Å². The summed E-state index contributed by atoms with van der Waals surface area (Å²) in [6.45, 7) is 11.4. The summed E-state index contributed by atoms with van der Waals surface area (Å²) in [7, 11) is 0. The van der Waals surface area contributed by atoms with E-state index in [2.05, 4.69) is 20.5 Å². The number of hydrogen-bond acceptors (Lipinski definition) is 12. The summed E-state index contributed by atoms with van der Waals surface area (Å²) >= 11 is 0. The van der Waals surface area contributed by atoms with E-state index in [0.717, 1.165) is 11.4 Å². The van der Waals surface area contributed by atoms with E-state index < -0.39 is 120 Å². The van der Waals surface area contributed by atoms with Gasteiger partial charge < -0.3 is 41.0 Å². The third-order valence-electron chi connectivity index (χ3n) is 6.24. The van der Waals surface area contributed by atoms with Crippen LogP contribution in [0.2, 0.25) is 0 Å². The van der Waals surface area contributed by atoms with Gasteiger partial charge in [-0.25, -0.2) is 14.8 Å². The summed E-state index contributed by atoms with van der Waals surface area (Å²) in [4.78, 5) is 60.4. The van der Waals surface area contributed by atoms with Crippen molar-refractivity contribution >= 4 is 35.0 Å². The topological polar surface area (TPSA) is 236 Å². The zero-order chi connectivity index (χ0) is 59.2. The minimum absolute atomic E-state index is 0. The van der Waals surface area contributed by atoms with Gasteiger partial charge in [-0.2, -0.15) is 105 Å². The van der Waals surface area contributed by atoms with Gasteiger partial charge in [0.1, 0.15) is 0 Å². The Hall–Kier alpha value is -5.77. The normalized spacial score (nSPS) is 14.4. The van der Waals surface area contributed by atoms with Crippen molar-refractivity contribution in [2.75, 3.05) is 0 Å². The van der Waals surface area contributed by atoms with Crippen molar-refractivity contribution in [3.05, 3.63) is 76.0 Å². The number of hydrazone groups is 1. The number of nitrogens with zero attached hydrogens (tertiary/aromatic N) is 6. The standard InChI is InChI=1S/C14H21N6O.4C5H2F6O2.2Ru/c1-8(2)19-14(21)20(9(3)4)18-13(17-19)12-15-10(5)7-11(6)16-12;4*6-4(7,8)2(12)1-3(13)5(9,10)11;;/h7-9H,1-6H3;4*1,12H;;/q-1;;;;;+2;+3/p-4/b;4*2-1-;;. The Balaban J connectivity index is -0.000000276. The van der Waals surface area contributed by atoms with Gasteiger partial charge in [-0.05, 0) is 94.9 Å². The molecular weight excluding hydrogens is 1290 g/mol. The number of alkyl halides is 24. The molecule has 15 nitrogen and oxygen atoms in total. The fraction of sp³-hybridized carbons (Fsp3) is 0.471. The number of urea groups is 1. The molecule has 0 unspecified atom stereocenters. The molecule has 0 bridgehead atoms. The maximum Gasteiger partial charge on any atom is 3.00 e. The number of carbonyl (C=O) groups excluding carboxylic acids is 5. The second-order valence-electron chi connectivity index (χ2n) is 13.1. The number of halogens is 24. The van der Waals surface area contributed by atoms with Gasteiger partial charge in [-0.1, -0.05) is 0 Å². The smallest absolute Gasteiger partial charge is 0.869 e. The van der Waals surface area contributed by atoms with Crippen LogP contribution in [0.1, 0.15) is 44.9 Å². The fourth-order valence-corrected chi connectivity index (χ4v) is 3.13. The summed E-state index contributed by atoms with van der Waals surface area (Å²) < 4.78 is 271. The molecule has 2 rings (SSSR count). The largest absolute Gasteiger partial charge is 3.00 e. The maximum atomic E-state index is 12.3. The number of hydrogen-bond donors (Lipinski definition) is 0. The van der Waals surface area contributed by atoms with Gasteiger partial charge in [-0.3, -0.25) is 19.2 Å². The predicted molar refractivity (Wildman–Crippen MR) is 182 cm³/mol. The zero-order valence-electron chi connectivity index (χ0n) is 36.7. The van der Waals surface area contributed by atoms with Crippen LogP contribution in [0.25, 0.3) is 5.43 Å². The average molecular weight is 1320 g/mol. The number of aromatic nitrogens is 2. The van der Waals surface area contributed by atoms with Crippen LogP contribution in [0, 0.1) is 13.8 Å². The van der Waals surface area contributed by atoms with Crippen molar-refractivity contribution in [1.82, 2.24) is 20.0 Å². The number of aryl methyl sites for hydroxylation is 2. The van der Waals surface area contributed by atoms with Crippen molar-refractivity contribution in [3.63, 3.8) is 0 Å². The van der Waals surface area contributed by atoms with Gasteiger partial charge in [0.2, 0.25) is 0 Å². The van der Waals surface area contributed by atoms with Crippen LogP contribution in [0.3, 0.4) is 0 Å². The minimum atomic E-state index is -5.46. The third kappa shape index (κ3) is 31.0. The average Bonchev–Trinajstić information content (AvgIpc) is 3.15. The van der Waals surface area contributed by atoms with Gasteiger partial charge in [0.25, 0.3) is 23.1 Å². The van der Waals surface area contributed by atoms with E-state index >= 15 is 0 Å². The fourth-order valence-electron chi connectivity index (χ4n) is 3.13. The van der Waals surface area contributed by atoms with Crippen molar-refractivity contribution in [2.45, 2.75) is 103 Å². The maximum absolute atomic E-state index is 12.3. The van der Waals surface area contributed by atoms with Crippen LogP contribution < -0.4 is 20.4 Å². The molecule has 2 heterocycles. The Morgan fingerprint density at radius 1 is 0.480 bits per heavy atom. The van der Waals surface area contributed by atoms with E-state index in [1.807, 2.05) is 47.6 Å². The first kappa shape index (κ1) is 78.1.